The zero-order valence-electron chi connectivity index (χ0n) is 19.7. The van der Waals surface area contributed by atoms with Gasteiger partial charge >= 0.3 is 12.1 Å². The number of carbonyl (C=O) groups is 1. The van der Waals surface area contributed by atoms with Crippen molar-refractivity contribution < 1.29 is 36.9 Å². The van der Waals surface area contributed by atoms with Gasteiger partial charge in [-0.25, -0.2) is 4.39 Å². The van der Waals surface area contributed by atoms with Gasteiger partial charge in [0, 0.05) is 29.9 Å². The van der Waals surface area contributed by atoms with Crippen LogP contribution in [-0.4, -0.2) is 56.2 Å². The molecule has 35 heavy (non-hydrogen) atoms. The van der Waals surface area contributed by atoms with Crippen LogP contribution in [0, 0.1) is 5.82 Å². The normalized spacial score (nSPS) is 16.1. The molecule has 0 aromatic heterocycles. The largest absolute Gasteiger partial charge is 0.507 e. The summed E-state index contributed by atoms with van der Waals surface area (Å²) in [7, 11) is 0. The van der Waals surface area contributed by atoms with E-state index < -0.39 is 30.0 Å². The Morgan fingerprint density at radius 1 is 1.14 bits per heavy atom. The minimum atomic E-state index is -4.79. The standard InChI is InChI=1S/C25H30F4N2O4/c1-3-5-21(24(33)35-4-2)30-23(25(27,28)29)16-6-8-18(20(26)14-16)19-15-17(7-9-22(19)32)31-10-12-34-13-11-31/h6-9,14-15,21,23,30,32H,3-5,10-13H2,1-2H3. The van der Waals surface area contributed by atoms with E-state index in [1.165, 1.54) is 12.1 Å². The summed E-state index contributed by atoms with van der Waals surface area (Å²) in [6, 6.07) is 4.42. The van der Waals surface area contributed by atoms with Crippen LogP contribution in [-0.2, 0) is 14.3 Å². The van der Waals surface area contributed by atoms with Crippen molar-refractivity contribution in [1.82, 2.24) is 5.32 Å². The van der Waals surface area contributed by atoms with E-state index in [1.54, 1.807) is 26.0 Å². The van der Waals surface area contributed by atoms with Crippen molar-refractivity contribution in [3.8, 4) is 16.9 Å². The number of esters is 1. The Balaban J connectivity index is 1.93. The molecule has 2 N–H and O–H groups in total. The molecule has 0 aliphatic carbocycles. The first kappa shape index (κ1) is 26.7. The molecule has 0 saturated carbocycles. The number of aromatic hydroxyl groups is 1. The van der Waals surface area contributed by atoms with Gasteiger partial charge in [0.1, 0.15) is 23.7 Å². The van der Waals surface area contributed by atoms with E-state index in [-0.39, 0.29) is 35.5 Å². The van der Waals surface area contributed by atoms with E-state index in [2.05, 4.69) is 5.32 Å². The minimum Gasteiger partial charge on any atom is -0.507 e. The summed E-state index contributed by atoms with van der Waals surface area (Å²) in [5.41, 5.74) is 0.506. The monoisotopic (exact) mass is 498 g/mol. The van der Waals surface area contributed by atoms with Crippen molar-refractivity contribution in [3.05, 3.63) is 47.8 Å². The summed E-state index contributed by atoms with van der Waals surface area (Å²) < 4.78 is 67.2. The second-order valence-corrected chi connectivity index (χ2v) is 8.27. The molecule has 2 unspecified atom stereocenters. The van der Waals surface area contributed by atoms with E-state index in [4.69, 9.17) is 9.47 Å². The van der Waals surface area contributed by atoms with Crippen LogP contribution in [0.5, 0.6) is 5.75 Å². The Morgan fingerprint density at radius 2 is 1.86 bits per heavy atom. The number of carbonyl (C=O) groups excluding carboxylic acids is 1. The van der Waals surface area contributed by atoms with Gasteiger partial charge in [-0.2, -0.15) is 13.2 Å². The van der Waals surface area contributed by atoms with Gasteiger partial charge in [0.05, 0.1) is 19.8 Å². The number of phenolic OH excluding ortho intramolecular Hbond substituents is 1. The molecule has 0 bridgehead atoms. The molecule has 1 saturated heterocycles. The van der Waals surface area contributed by atoms with Gasteiger partial charge in [-0.3, -0.25) is 10.1 Å². The average Bonchev–Trinajstić information content (AvgIpc) is 2.82. The summed E-state index contributed by atoms with van der Waals surface area (Å²) in [5, 5.41) is 12.7. The number of nitrogens with zero attached hydrogens (tertiary/aromatic N) is 1. The fraction of sp³-hybridized carbons (Fsp3) is 0.480. The third kappa shape index (κ3) is 6.64. The smallest absolute Gasteiger partial charge is 0.407 e. The van der Waals surface area contributed by atoms with Gasteiger partial charge in [0.15, 0.2) is 0 Å². The Hall–Kier alpha value is -2.85. The van der Waals surface area contributed by atoms with Crippen LogP contribution in [0.1, 0.15) is 38.3 Å². The molecule has 1 aliphatic rings. The molecule has 192 valence electrons. The molecule has 10 heteroatoms. The van der Waals surface area contributed by atoms with Crippen LogP contribution in [0.25, 0.3) is 11.1 Å². The van der Waals surface area contributed by atoms with Crippen molar-refractivity contribution >= 4 is 11.7 Å². The average molecular weight is 499 g/mol. The highest BCUT2D eigenvalue weighted by molar-refractivity contribution is 5.76. The van der Waals surface area contributed by atoms with Crippen LogP contribution >= 0.6 is 0 Å². The van der Waals surface area contributed by atoms with Crippen molar-refractivity contribution in [3.63, 3.8) is 0 Å². The number of hydrogen-bond acceptors (Lipinski definition) is 6. The molecule has 1 aliphatic heterocycles. The van der Waals surface area contributed by atoms with Crippen LogP contribution in [0.4, 0.5) is 23.2 Å². The second kappa shape index (κ2) is 11.7. The first-order valence-electron chi connectivity index (χ1n) is 11.6. The fourth-order valence-electron chi connectivity index (χ4n) is 4.07. The van der Waals surface area contributed by atoms with Crippen LogP contribution < -0.4 is 10.2 Å². The Labute approximate surface area is 201 Å². The lowest BCUT2D eigenvalue weighted by Gasteiger charge is -2.29. The summed E-state index contributed by atoms with van der Waals surface area (Å²) in [6.45, 7) is 5.68. The Bertz CT molecular complexity index is 1010. The first-order valence-corrected chi connectivity index (χ1v) is 11.6. The van der Waals surface area contributed by atoms with E-state index in [0.29, 0.717) is 32.7 Å². The molecule has 0 amide bonds. The number of ether oxygens (including phenoxy) is 2. The van der Waals surface area contributed by atoms with Crippen LogP contribution in [0.2, 0.25) is 0 Å². The number of nitrogens with one attached hydrogen (secondary N) is 1. The molecule has 2 aromatic rings. The Kier molecular flexibility index (Phi) is 8.96. The molecule has 3 rings (SSSR count). The topological polar surface area (TPSA) is 71.0 Å². The number of hydrogen-bond donors (Lipinski definition) is 2. The van der Waals surface area contributed by atoms with Gasteiger partial charge in [-0.15, -0.1) is 0 Å². The second-order valence-electron chi connectivity index (χ2n) is 8.27. The highest BCUT2D eigenvalue weighted by Gasteiger charge is 2.43. The van der Waals surface area contributed by atoms with Crippen molar-refractivity contribution in [2.24, 2.45) is 0 Å². The number of phenols is 1. The minimum absolute atomic E-state index is 0.0298. The van der Waals surface area contributed by atoms with Crippen LogP contribution in [0.15, 0.2) is 36.4 Å². The molecular formula is C25H30F4N2O4. The van der Waals surface area contributed by atoms with Crippen molar-refractivity contribution in [2.45, 2.75) is 44.9 Å². The zero-order chi connectivity index (χ0) is 25.6. The lowest BCUT2D eigenvalue weighted by molar-refractivity contribution is -0.165. The third-order valence-electron chi connectivity index (χ3n) is 5.82. The van der Waals surface area contributed by atoms with E-state index in [9.17, 15) is 23.1 Å². The SMILES string of the molecule is CCCC(NC(c1ccc(-c2cc(N3CCOCC3)ccc2O)c(F)c1)C(F)(F)F)C(=O)OCC. The molecule has 1 heterocycles. The maximum absolute atomic E-state index is 15.2. The van der Waals surface area contributed by atoms with Gasteiger partial charge in [-0.05, 0) is 43.2 Å². The number of anilines is 1. The highest BCUT2D eigenvalue weighted by atomic mass is 19.4. The van der Waals surface area contributed by atoms with Crippen molar-refractivity contribution in [1.29, 1.82) is 0 Å². The zero-order valence-corrected chi connectivity index (χ0v) is 19.7. The predicted molar refractivity (Wildman–Crippen MR) is 124 cm³/mol. The number of benzene rings is 2. The lowest BCUT2D eigenvalue weighted by Crippen LogP contribution is -2.45. The van der Waals surface area contributed by atoms with Gasteiger partial charge < -0.3 is 19.5 Å². The molecule has 2 aromatic carbocycles. The molecule has 2 atom stereocenters. The molecular weight excluding hydrogens is 468 g/mol. The van der Waals surface area contributed by atoms with Crippen LogP contribution in [0.3, 0.4) is 0 Å². The molecule has 1 fully saturated rings. The van der Waals surface area contributed by atoms with Gasteiger partial charge in [0.2, 0.25) is 0 Å². The maximum Gasteiger partial charge on any atom is 0.407 e. The number of alkyl halides is 3. The number of rotatable bonds is 9. The van der Waals surface area contributed by atoms with E-state index >= 15 is 4.39 Å². The molecule has 0 radical (unpaired) electrons. The van der Waals surface area contributed by atoms with Gasteiger partial charge in [0.25, 0.3) is 0 Å². The summed E-state index contributed by atoms with van der Waals surface area (Å²) in [5.74, 6) is -1.90. The number of morpholine rings is 1. The summed E-state index contributed by atoms with van der Waals surface area (Å²) in [6.07, 6.45) is -4.20. The number of halogens is 4. The van der Waals surface area contributed by atoms with E-state index in [0.717, 1.165) is 17.8 Å². The predicted octanol–water partition coefficient (Wildman–Crippen LogP) is 4.96. The maximum atomic E-state index is 15.2. The quantitative estimate of drug-likeness (QED) is 0.376. The third-order valence-corrected chi connectivity index (χ3v) is 5.82. The lowest BCUT2D eigenvalue weighted by atomic mass is 9.97. The summed E-state index contributed by atoms with van der Waals surface area (Å²) >= 11 is 0. The summed E-state index contributed by atoms with van der Waals surface area (Å²) in [4.78, 5) is 14.2. The van der Waals surface area contributed by atoms with Gasteiger partial charge in [-0.1, -0.05) is 25.5 Å². The Morgan fingerprint density at radius 3 is 2.46 bits per heavy atom. The van der Waals surface area contributed by atoms with Crippen molar-refractivity contribution in [2.75, 3.05) is 37.8 Å². The fourth-order valence-corrected chi connectivity index (χ4v) is 4.07. The highest BCUT2D eigenvalue weighted by Crippen LogP contribution is 2.38. The first-order chi connectivity index (χ1) is 16.7. The van der Waals surface area contributed by atoms with E-state index in [1.807, 2.05) is 4.90 Å². The molecule has 0 spiro atoms. The molecule has 6 nitrogen and oxygen atoms in total.